The predicted octanol–water partition coefficient (Wildman–Crippen LogP) is 2.60. The topological polar surface area (TPSA) is 38.3 Å². The summed E-state index contributed by atoms with van der Waals surface area (Å²) in [4.78, 5) is 11.1. The Bertz CT molecular complexity index is 359. The second-order valence-corrected chi connectivity index (χ2v) is 4.48. The van der Waals surface area contributed by atoms with Crippen molar-refractivity contribution >= 4 is 5.97 Å². The van der Waals surface area contributed by atoms with E-state index in [2.05, 4.69) is 48.2 Å². The molecule has 0 fully saturated rings. The minimum atomic E-state index is -0.180. The van der Waals surface area contributed by atoms with E-state index in [0.29, 0.717) is 6.42 Å². The van der Waals surface area contributed by atoms with E-state index in [1.54, 1.807) is 0 Å². The van der Waals surface area contributed by atoms with Crippen LogP contribution in [-0.4, -0.2) is 19.1 Å². The Balaban J connectivity index is 2.51. The molecule has 0 aliphatic rings. The van der Waals surface area contributed by atoms with Crippen molar-refractivity contribution in [2.24, 2.45) is 0 Å². The minimum Gasteiger partial charge on any atom is -0.469 e. The first kappa shape index (κ1) is 13.7. The first-order valence-electron chi connectivity index (χ1n) is 5.92. The standard InChI is InChI=1S/C14H21NO2/c1-10-5-7-13(8-6-10)12(3)15-11(2)9-14(16)17-4/h5-8,11-12,15H,9H2,1-4H3/t11?,12-/m1/s1. The highest BCUT2D eigenvalue weighted by Crippen LogP contribution is 2.14. The summed E-state index contributed by atoms with van der Waals surface area (Å²) in [5, 5.41) is 3.38. The molecule has 0 aliphatic heterocycles. The lowest BCUT2D eigenvalue weighted by molar-refractivity contribution is -0.141. The van der Waals surface area contributed by atoms with Gasteiger partial charge in [0.05, 0.1) is 13.5 Å². The average Bonchev–Trinajstić information content (AvgIpc) is 2.29. The molecule has 0 radical (unpaired) electrons. The van der Waals surface area contributed by atoms with Crippen LogP contribution in [0.3, 0.4) is 0 Å². The van der Waals surface area contributed by atoms with Crippen LogP contribution in [-0.2, 0) is 9.53 Å². The van der Waals surface area contributed by atoms with Crippen molar-refractivity contribution in [1.82, 2.24) is 5.32 Å². The zero-order chi connectivity index (χ0) is 12.8. The molecule has 0 aliphatic carbocycles. The summed E-state index contributed by atoms with van der Waals surface area (Å²) in [6, 6.07) is 8.75. The van der Waals surface area contributed by atoms with Crippen molar-refractivity contribution in [1.29, 1.82) is 0 Å². The molecule has 3 heteroatoms. The number of hydrogen-bond acceptors (Lipinski definition) is 3. The summed E-state index contributed by atoms with van der Waals surface area (Å²) in [6.07, 6.45) is 0.396. The van der Waals surface area contributed by atoms with Crippen molar-refractivity contribution in [3.05, 3.63) is 35.4 Å². The molecule has 94 valence electrons. The highest BCUT2D eigenvalue weighted by molar-refractivity contribution is 5.69. The molecule has 0 spiro atoms. The molecule has 1 aromatic rings. The first-order chi connectivity index (χ1) is 8.02. The lowest BCUT2D eigenvalue weighted by Crippen LogP contribution is -2.31. The van der Waals surface area contributed by atoms with E-state index in [-0.39, 0.29) is 18.1 Å². The second kappa shape index (κ2) is 6.40. The van der Waals surface area contributed by atoms with Gasteiger partial charge in [-0.1, -0.05) is 29.8 Å². The highest BCUT2D eigenvalue weighted by Gasteiger charge is 2.12. The quantitative estimate of drug-likeness (QED) is 0.797. The summed E-state index contributed by atoms with van der Waals surface area (Å²) >= 11 is 0. The van der Waals surface area contributed by atoms with Gasteiger partial charge in [-0.3, -0.25) is 4.79 Å². The van der Waals surface area contributed by atoms with Crippen LogP contribution in [0.5, 0.6) is 0 Å². The zero-order valence-corrected chi connectivity index (χ0v) is 11.0. The average molecular weight is 235 g/mol. The van der Waals surface area contributed by atoms with E-state index in [4.69, 9.17) is 0 Å². The van der Waals surface area contributed by atoms with Crippen LogP contribution in [0.2, 0.25) is 0 Å². The maximum Gasteiger partial charge on any atom is 0.307 e. The van der Waals surface area contributed by atoms with Crippen LogP contribution in [0.4, 0.5) is 0 Å². The molecule has 0 aromatic heterocycles. The Morgan fingerprint density at radius 1 is 1.29 bits per heavy atom. The lowest BCUT2D eigenvalue weighted by Gasteiger charge is -2.19. The van der Waals surface area contributed by atoms with E-state index < -0.39 is 0 Å². The Morgan fingerprint density at radius 2 is 1.88 bits per heavy atom. The third-order valence-electron chi connectivity index (χ3n) is 2.81. The number of carbonyl (C=O) groups excluding carboxylic acids is 1. The van der Waals surface area contributed by atoms with Gasteiger partial charge in [0.2, 0.25) is 0 Å². The molecule has 0 bridgehead atoms. The number of esters is 1. The Kier molecular flexibility index (Phi) is 5.16. The molecule has 0 amide bonds. The number of hydrogen-bond donors (Lipinski definition) is 1. The fraction of sp³-hybridized carbons (Fsp3) is 0.500. The normalized spacial score (nSPS) is 14.1. The minimum absolute atomic E-state index is 0.110. The molecule has 0 saturated carbocycles. The monoisotopic (exact) mass is 235 g/mol. The van der Waals surface area contributed by atoms with Crippen LogP contribution < -0.4 is 5.32 Å². The zero-order valence-electron chi connectivity index (χ0n) is 11.0. The van der Waals surface area contributed by atoms with Gasteiger partial charge in [0.15, 0.2) is 0 Å². The van der Waals surface area contributed by atoms with Gasteiger partial charge in [0.25, 0.3) is 0 Å². The van der Waals surface area contributed by atoms with Crippen molar-refractivity contribution < 1.29 is 9.53 Å². The number of nitrogens with one attached hydrogen (secondary N) is 1. The molecule has 0 saturated heterocycles. The molecule has 1 aromatic carbocycles. The smallest absolute Gasteiger partial charge is 0.307 e. The van der Waals surface area contributed by atoms with Gasteiger partial charge in [0, 0.05) is 12.1 Å². The molecule has 1 rings (SSSR count). The molecule has 0 heterocycles. The van der Waals surface area contributed by atoms with Gasteiger partial charge in [-0.05, 0) is 26.3 Å². The van der Waals surface area contributed by atoms with Gasteiger partial charge < -0.3 is 10.1 Å². The first-order valence-corrected chi connectivity index (χ1v) is 5.92. The Labute approximate surface area is 103 Å². The third kappa shape index (κ3) is 4.57. The van der Waals surface area contributed by atoms with Crippen molar-refractivity contribution in [3.8, 4) is 0 Å². The third-order valence-corrected chi connectivity index (χ3v) is 2.81. The summed E-state index contributed by atoms with van der Waals surface area (Å²) in [5.41, 5.74) is 2.48. The maximum absolute atomic E-state index is 11.1. The van der Waals surface area contributed by atoms with E-state index >= 15 is 0 Å². The van der Waals surface area contributed by atoms with Crippen LogP contribution in [0.1, 0.15) is 37.4 Å². The molecule has 17 heavy (non-hydrogen) atoms. The van der Waals surface area contributed by atoms with Crippen LogP contribution in [0.15, 0.2) is 24.3 Å². The van der Waals surface area contributed by atoms with Crippen molar-refractivity contribution in [2.75, 3.05) is 7.11 Å². The molecule has 1 N–H and O–H groups in total. The molecule has 2 atom stereocenters. The number of benzene rings is 1. The number of rotatable bonds is 5. The summed E-state index contributed by atoms with van der Waals surface area (Å²) < 4.78 is 4.64. The van der Waals surface area contributed by atoms with Gasteiger partial charge >= 0.3 is 5.97 Å². The summed E-state index contributed by atoms with van der Waals surface area (Å²) in [6.45, 7) is 6.15. The Morgan fingerprint density at radius 3 is 2.41 bits per heavy atom. The van der Waals surface area contributed by atoms with Crippen LogP contribution in [0, 0.1) is 6.92 Å². The fourth-order valence-corrected chi connectivity index (χ4v) is 1.77. The molecular weight excluding hydrogens is 214 g/mol. The lowest BCUT2D eigenvalue weighted by atomic mass is 10.1. The molecular formula is C14H21NO2. The van der Waals surface area contributed by atoms with Crippen LogP contribution >= 0.6 is 0 Å². The SMILES string of the molecule is COC(=O)CC(C)N[C@H](C)c1ccc(C)cc1. The number of carbonyl (C=O) groups is 1. The molecule has 3 nitrogen and oxygen atoms in total. The largest absolute Gasteiger partial charge is 0.469 e. The number of ether oxygens (including phenoxy) is 1. The van der Waals surface area contributed by atoms with Crippen molar-refractivity contribution in [2.45, 2.75) is 39.3 Å². The summed E-state index contributed by atoms with van der Waals surface area (Å²) in [7, 11) is 1.42. The Hall–Kier alpha value is -1.35. The van der Waals surface area contributed by atoms with Gasteiger partial charge in [-0.15, -0.1) is 0 Å². The highest BCUT2D eigenvalue weighted by atomic mass is 16.5. The van der Waals surface area contributed by atoms with E-state index in [9.17, 15) is 4.79 Å². The summed E-state index contributed by atoms with van der Waals surface area (Å²) in [5.74, 6) is -0.180. The van der Waals surface area contributed by atoms with E-state index in [1.807, 2.05) is 6.92 Å². The maximum atomic E-state index is 11.1. The van der Waals surface area contributed by atoms with Crippen LogP contribution in [0.25, 0.3) is 0 Å². The number of methoxy groups -OCH3 is 1. The van der Waals surface area contributed by atoms with E-state index in [0.717, 1.165) is 0 Å². The molecule has 1 unspecified atom stereocenters. The van der Waals surface area contributed by atoms with Gasteiger partial charge in [-0.2, -0.15) is 0 Å². The fourth-order valence-electron chi connectivity index (χ4n) is 1.77. The van der Waals surface area contributed by atoms with Crippen molar-refractivity contribution in [3.63, 3.8) is 0 Å². The second-order valence-electron chi connectivity index (χ2n) is 4.48. The predicted molar refractivity (Wildman–Crippen MR) is 68.8 cm³/mol. The van der Waals surface area contributed by atoms with E-state index in [1.165, 1.54) is 18.2 Å². The van der Waals surface area contributed by atoms with Gasteiger partial charge in [-0.25, -0.2) is 0 Å². The van der Waals surface area contributed by atoms with Gasteiger partial charge in [0.1, 0.15) is 0 Å². The number of aryl methyl sites for hydroxylation is 1.